The summed E-state index contributed by atoms with van der Waals surface area (Å²) in [6.45, 7) is 4.00. The Kier molecular flexibility index (Phi) is 15.6. The second-order valence-electron chi connectivity index (χ2n) is 9.68. The van der Waals surface area contributed by atoms with Gasteiger partial charge in [-0.15, -0.1) is 0 Å². The summed E-state index contributed by atoms with van der Waals surface area (Å²) in [5, 5.41) is 17.4. The predicted octanol–water partition coefficient (Wildman–Crippen LogP) is -0.0518. The molecule has 0 heterocycles. The Morgan fingerprint density at radius 2 is 1.51 bits per heavy atom. The minimum absolute atomic E-state index is 0.0183. The summed E-state index contributed by atoms with van der Waals surface area (Å²) >= 11 is 1.47. The van der Waals surface area contributed by atoms with Gasteiger partial charge in [-0.25, -0.2) is 4.79 Å². The van der Waals surface area contributed by atoms with Gasteiger partial charge in [-0.05, 0) is 55.6 Å². The van der Waals surface area contributed by atoms with Crippen molar-refractivity contribution < 1.29 is 24.3 Å². The number of nitrogens with two attached hydrogens (primary N) is 3. The van der Waals surface area contributed by atoms with Crippen LogP contribution in [0, 0.1) is 5.92 Å². The van der Waals surface area contributed by atoms with Gasteiger partial charge in [-0.2, -0.15) is 11.8 Å². The van der Waals surface area contributed by atoms with E-state index in [2.05, 4.69) is 20.9 Å². The Bertz CT molecular complexity index is 957. The number of carboxylic acids is 1. The zero-order valence-corrected chi connectivity index (χ0v) is 23.7. The molecule has 0 saturated heterocycles. The normalized spacial score (nSPS) is 14.0. The second kappa shape index (κ2) is 18.1. The lowest BCUT2D eigenvalue weighted by atomic mass is 10.0. The van der Waals surface area contributed by atoms with Gasteiger partial charge in [-0.3, -0.25) is 19.4 Å². The molecule has 0 bridgehead atoms. The average molecular weight is 566 g/mol. The summed E-state index contributed by atoms with van der Waals surface area (Å²) in [6.07, 6.45) is 3.20. The standard InChI is InChI=1S/C26H43N7O5S/c1-16(2)14-21(24(36)32-20(25(37)38)11-13-39-3)33-23(35)19(10-7-12-30-26(28)29)31-22(34)18(27)15-17-8-5-4-6-9-17/h4-6,8-9,16,18-21H,7,10-15,27H2,1-3H3,(H,31,34)(H,32,36)(H,33,35)(H,37,38)(H4,28,29,30). The van der Waals surface area contributed by atoms with E-state index in [4.69, 9.17) is 17.2 Å². The molecule has 13 heteroatoms. The van der Waals surface area contributed by atoms with Crippen molar-refractivity contribution in [2.24, 2.45) is 28.1 Å². The van der Waals surface area contributed by atoms with E-state index in [0.717, 1.165) is 5.56 Å². The second-order valence-corrected chi connectivity index (χ2v) is 10.7. The van der Waals surface area contributed by atoms with Crippen LogP contribution >= 0.6 is 11.8 Å². The first-order chi connectivity index (χ1) is 18.4. The van der Waals surface area contributed by atoms with Crippen molar-refractivity contribution in [3.05, 3.63) is 35.9 Å². The molecular weight excluding hydrogens is 522 g/mol. The monoisotopic (exact) mass is 565 g/mol. The SMILES string of the molecule is CSCCC(NC(=O)C(CC(C)C)NC(=O)C(CCCN=C(N)N)NC(=O)C(N)Cc1ccccc1)C(=O)O. The van der Waals surface area contributed by atoms with Gasteiger partial charge in [0.2, 0.25) is 17.7 Å². The summed E-state index contributed by atoms with van der Waals surface area (Å²) in [5.41, 5.74) is 17.7. The largest absolute Gasteiger partial charge is 0.480 e. The molecule has 0 aliphatic rings. The third kappa shape index (κ3) is 13.9. The number of nitrogens with one attached hydrogen (secondary N) is 3. The summed E-state index contributed by atoms with van der Waals surface area (Å²) in [4.78, 5) is 54.8. The Morgan fingerprint density at radius 1 is 0.923 bits per heavy atom. The number of carboxylic acid groups (broad SMARTS) is 1. The minimum Gasteiger partial charge on any atom is -0.480 e. The highest BCUT2D eigenvalue weighted by Crippen LogP contribution is 2.09. The van der Waals surface area contributed by atoms with E-state index in [-0.39, 0.29) is 44.1 Å². The van der Waals surface area contributed by atoms with Crippen LogP contribution in [0.5, 0.6) is 0 Å². The molecule has 4 atom stereocenters. The zero-order valence-electron chi connectivity index (χ0n) is 22.9. The molecular formula is C26H43N7O5S. The van der Waals surface area contributed by atoms with Crippen molar-refractivity contribution in [2.45, 2.75) is 70.1 Å². The Hall–Kier alpha value is -3.32. The Morgan fingerprint density at radius 3 is 2.08 bits per heavy atom. The summed E-state index contributed by atoms with van der Waals surface area (Å²) in [6, 6.07) is 5.26. The molecule has 0 saturated carbocycles. The number of aliphatic imine (C=N–C) groups is 1. The summed E-state index contributed by atoms with van der Waals surface area (Å²) in [7, 11) is 0. The van der Waals surface area contributed by atoms with Crippen molar-refractivity contribution in [2.75, 3.05) is 18.6 Å². The molecule has 12 nitrogen and oxygen atoms in total. The molecule has 0 radical (unpaired) electrons. The van der Waals surface area contributed by atoms with Crippen LogP contribution in [0.25, 0.3) is 0 Å². The van der Waals surface area contributed by atoms with Gasteiger partial charge < -0.3 is 38.3 Å². The fourth-order valence-corrected chi connectivity index (χ4v) is 4.22. The Labute approximate surface area is 234 Å². The zero-order chi connectivity index (χ0) is 29.4. The van der Waals surface area contributed by atoms with Crippen molar-refractivity contribution in [1.82, 2.24) is 16.0 Å². The van der Waals surface area contributed by atoms with Crippen molar-refractivity contribution in [3.8, 4) is 0 Å². The molecule has 218 valence electrons. The summed E-state index contributed by atoms with van der Waals surface area (Å²) < 4.78 is 0. The fourth-order valence-electron chi connectivity index (χ4n) is 3.75. The highest BCUT2D eigenvalue weighted by Gasteiger charge is 2.30. The van der Waals surface area contributed by atoms with Gasteiger partial charge in [0.15, 0.2) is 5.96 Å². The molecule has 39 heavy (non-hydrogen) atoms. The topological polar surface area (TPSA) is 215 Å². The number of nitrogens with zero attached hydrogens (tertiary/aromatic N) is 1. The number of rotatable bonds is 18. The average Bonchev–Trinajstić information content (AvgIpc) is 2.87. The van der Waals surface area contributed by atoms with Crippen molar-refractivity contribution in [1.29, 1.82) is 0 Å². The third-order valence-corrected chi connectivity index (χ3v) is 6.42. The van der Waals surface area contributed by atoms with Crippen LogP contribution < -0.4 is 33.2 Å². The van der Waals surface area contributed by atoms with E-state index in [1.54, 1.807) is 0 Å². The van der Waals surface area contributed by atoms with Crippen LogP contribution in [-0.4, -0.2) is 77.5 Å². The molecule has 1 rings (SSSR count). The highest BCUT2D eigenvalue weighted by atomic mass is 32.2. The van der Waals surface area contributed by atoms with Crippen LogP contribution in [0.1, 0.15) is 45.1 Å². The number of amides is 3. The molecule has 3 amide bonds. The van der Waals surface area contributed by atoms with Crippen molar-refractivity contribution >= 4 is 41.4 Å². The highest BCUT2D eigenvalue weighted by molar-refractivity contribution is 7.98. The van der Waals surface area contributed by atoms with Crippen LogP contribution in [0.2, 0.25) is 0 Å². The quantitative estimate of drug-likeness (QED) is 0.0720. The first-order valence-corrected chi connectivity index (χ1v) is 14.3. The van der Waals surface area contributed by atoms with Crippen LogP contribution in [0.3, 0.4) is 0 Å². The molecule has 4 unspecified atom stereocenters. The van der Waals surface area contributed by atoms with Crippen LogP contribution in [0.4, 0.5) is 0 Å². The van der Waals surface area contributed by atoms with Gasteiger partial charge in [0.25, 0.3) is 0 Å². The number of carbonyl (C=O) groups excluding carboxylic acids is 3. The fraction of sp³-hybridized carbons (Fsp3) is 0.577. The molecule has 1 aromatic rings. The smallest absolute Gasteiger partial charge is 0.326 e. The molecule has 0 fully saturated rings. The minimum atomic E-state index is -1.15. The molecule has 0 aliphatic carbocycles. The van der Waals surface area contributed by atoms with Gasteiger partial charge >= 0.3 is 5.97 Å². The number of hydrogen-bond donors (Lipinski definition) is 7. The lowest BCUT2D eigenvalue weighted by Crippen LogP contribution is -2.57. The number of hydrogen-bond acceptors (Lipinski definition) is 7. The van der Waals surface area contributed by atoms with E-state index < -0.39 is 47.9 Å². The lowest BCUT2D eigenvalue weighted by Gasteiger charge is -2.26. The van der Waals surface area contributed by atoms with E-state index in [9.17, 15) is 24.3 Å². The lowest BCUT2D eigenvalue weighted by molar-refractivity contribution is -0.142. The molecule has 0 aromatic heterocycles. The number of aliphatic carboxylic acids is 1. The van der Waals surface area contributed by atoms with E-state index in [0.29, 0.717) is 12.2 Å². The number of thioether (sulfide) groups is 1. The van der Waals surface area contributed by atoms with E-state index in [1.165, 1.54) is 11.8 Å². The molecule has 1 aromatic carbocycles. The molecule has 0 aliphatic heterocycles. The first kappa shape index (κ1) is 33.7. The van der Waals surface area contributed by atoms with Crippen LogP contribution in [0.15, 0.2) is 35.3 Å². The number of benzene rings is 1. The maximum atomic E-state index is 13.3. The predicted molar refractivity (Wildman–Crippen MR) is 154 cm³/mol. The number of carbonyl (C=O) groups is 4. The third-order valence-electron chi connectivity index (χ3n) is 5.78. The molecule has 0 spiro atoms. The van der Waals surface area contributed by atoms with Gasteiger partial charge in [-0.1, -0.05) is 44.2 Å². The van der Waals surface area contributed by atoms with Crippen LogP contribution in [-0.2, 0) is 25.6 Å². The van der Waals surface area contributed by atoms with Crippen molar-refractivity contribution in [3.63, 3.8) is 0 Å². The summed E-state index contributed by atoms with van der Waals surface area (Å²) in [5.74, 6) is -2.38. The van der Waals surface area contributed by atoms with Gasteiger partial charge in [0, 0.05) is 6.54 Å². The maximum absolute atomic E-state index is 13.3. The maximum Gasteiger partial charge on any atom is 0.326 e. The van der Waals surface area contributed by atoms with E-state index in [1.807, 2.05) is 50.4 Å². The Balaban J connectivity index is 3.01. The van der Waals surface area contributed by atoms with Gasteiger partial charge in [0.1, 0.15) is 18.1 Å². The number of guanidine groups is 1. The van der Waals surface area contributed by atoms with E-state index >= 15 is 0 Å². The molecule has 10 N–H and O–H groups in total. The first-order valence-electron chi connectivity index (χ1n) is 12.9. The van der Waals surface area contributed by atoms with Gasteiger partial charge in [0.05, 0.1) is 6.04 Å².